The number of hydrogen-bond donors (Lipinski definition) is 0. The first-order valence-electron chi connectivity index (χ1n) is 7.73. The van der Waals surface area contributed by atoms with Gasteiger partial charge >= 0.3 is 0 Å². The molecular formula is C20H16O2S2. The lowest BCUT2D eigenvalue weighted by Gasteiger charge is -2.28. The van der Waals surface area contributed by atoms with Crippen LogP contribution in [-0.2, 0) is 9.84 Å². The summed E-state index contributed by atoms with van der Waals surface area (Å²) in [6, 6.07) is 22.6. The van der Waals surface area contributed by atoms with Crippen LogP contribution >= 0.6 is 11.8 Å². The second kappa shape index (κ2) is 5.80. The third kappa shape index (κ3) is 2.46. The van der Waals surface area contributed by atoms with Crippen LogP contribution in [0.5, 0.6) is 0 Å². The molecule has 4 rings (SSSR count). The molecule has 0 radical (unpaired) electrons. The Morgan fingerprint density at radius 3 is 2.25 bits per heavy atom. The van der Waals surface area contributed by atoms with Crippen LogP contribution in [-0.4, -0.2) is 8.42 Å². The van der Waals surface area contributed by atoms with E-state index >= 15 is 0 Å². The molecule has 1 atom stereocenters. The SMILES string of the molecule is Cc1ccc2c(c1)[C@@H](S(=O)(=O)c1ccccc1)c1ccccc1S2. The predicted molar refractivity (Wildman–Crippen MR) is 97.2 cm³/mol. The first-order chi connectivity index (χ1) is 11.6. The fourth-order valence-electron chi connectivity index (χ4n) is 3.12. The van der Waals surface area contributed by atoms with Crippen LogP contribution in [0.2, 0.25) is 0 Å². The van der Waals surface area contributed by atoms with E-state index in [1.165, 1.54) is 0 Å². The smallest absolute Gasteiger partial charge is 0.189 e. The van der Waals surface area contributed by atoms with Crippen molar-refractivity contribution in [2.45, 2.75) is 26.9 Å². The zero-order chi connectivity index (χ0) is 16.7. The summed E-state index contributed by atoms with van der Waals surface area (Å²) in [6.45, 7) is 2.00. The molecule has 1 aliphatic rings. The van der Waals surface area contributed by atoms with Gasteiger partial charge in [0.1, 0.15) is 5.25 Å². The molecule has 0 saturated carbocycles. The summed E-state index contributed by atoms with van der Waals surface area (Å²) >= 11 is 1.64. The fourth-order valence-corrected chi connectivity index (χ4v) is 6.27. The highest BCUT2D eigenvalue weighted by atomic mass is 32.2. The van der Waals surface area contributed by atoms with Gasteiger partial charge in [-0.05, 0) is 42.3 Å². The summed E-state index contributed by atoms with van der Waals surface area (Å²) in [4.78, 5) is 2.39. The van der Waals surface area contributed by atoms with Gasteiger partial charge in [-0.3, -0.25) is 0 Å². The van der Waals surface area contributed by atoms with Crippen molar-refractivity contribution in [2.75, 3.05) is 0 Å². The molecule has 3 aromatic carbocycles. The molecule has 0 unspecified atom stereocenters. The molecule has 2 nitrogen and oxygen atoms in total. The average Bonchev–Trinajstić information content (AvgIpc) is 2.60. The Morgan fingerprint density at radius 2 is 1.46 bits per heavy atom. The lowest BCUT2D eigenvalue weighted by Crippen LogP contribution is -2.19. The number of sulfone groups is 1. The van der Waals surface area contributed by atoms with Crippen molar-refractivity contribution in [3.8, 4) is 0 Å². The lowest BCUT2D eigenvalue weighted by atomic mass is 10.0. The molecule has 0 spiro atoms. The van der Waals surface area contributed by atoms with Gasteiger partial charge in [0.05, 0.1) is 4.90 Å². The van der Waals surface area contributed by atoms with E-state index in [0.717, 1.165) is 26.5 Å². The van der Waals surface area contributed by atoms with E-state index in [1.807, 2.05) is 55.5 Å². The molecule has 0 fully saturated rings. The Bertz CT molecular complexity index is 1010. The van der Waals surface area contributed by atoms with Gasteiger partial charge in [-0.15, -0.1) is 0 Å². The summed E-state index contributed by atoms with van der Waals surface area (Å²) in [5.41, 5.74) is 2.81. The van der Waals surface area contributed by atoms with Gasteiger partial charge in [0.25, 0.3) is 0 Å². The minimum absolute atomic E-state index is 0.365. The lowest BCUT2D eigenvalue weighted by molar-refractivity contribution is 0.587. The van der Waals surface area contributed by atoms with Crippen molar-refractivity contribution in [1.29, 1.82) is 0 Å². The molecule has 0 aromatic heterocycles. The Hall–Kier alpha value is -2.04. The zero-order valence-electron chi connectivity index (χ0n) is 13.1. The maximum Gasteiger partial charge on any atom is 0.189 e. The van der Waals surface area contributed by atoms with Gasteiger partial charge in [0, 0.05) is 9.79 Å². The van der Waals surface area contributed by atoms with Gasteiger partial charge in [-0.1, -0.05) is 65.9 Å². The Labute approximate surface area is 146 Å². The van der Waals surface area contributed by atoms with Gasteiger partial charge in [-0.2, -0.15) is 0 Å². The van der Waals surface area contributed by atoms with Crippen LogP contribution in [0.3, 0.4) is 0 Å². The predicted octanol–water partition coefficient (Wildman–Crippen LogP) is 5.02. The third-order valence-electron chi connectivity index (χ3n) is 4.25. The second-order valence-corrected chi connectivity index (χ2v) is 9.04. The molecule has 24 heavy (non-hydrogen) atoms. The molecule has 0 amide bonds. The Kier molecular flexibility index (Phi) is 3.74. The number of hydrogen-bond acceptors (Lipinski definition) is 3. The highest BCUT2D eigenvalue weighted by Gasteiger charge is 2.36. The molecule has 1 heterocycles. The topological polar surface area (TPSA) is 34.1 Å². The summed E-state index contributed by atoms with van der Waals surface area (Å²) < 4.78 is 26.8. The van der Waals surface area contributed by atoms with Gasteiger partial charge < -0.3 is 0 Å². The summed E-state index contributed by atoms with van der Waals surface area (Å²) in [6.07, 6.45) is 0. The van der Waals surface area contributed by atoms with Crippen molar-refractivity contribution in [3.05, 3.63) is 89.5 Å². The van der Waals surface area contributed by atoms with Crippen molar-refractivity contribution in [1.82, 2.24) is 0 Å². The highest BCUT2D eigenvalue weighted by Crippen LogP contribution is 2.49. The molecule has 0 aliphatic carbocycles. The normalized spacial score (nSPS) is 16.3. The standard InChI is InChI=1S/C20H16O2S2/c1-14-11-12-19-17(13-14)20(16-9-5-6-10-18(16)23-19)24(21,22)15-7-3-2-4-8-15/h2-13,20H,1H3/t20-/m0/s1. The summed E-state index contributed by atoms with van der Waals surface area (Å²) in [7, 11) is -3.52. The van der Waals surface area contributed by atoms with Gasteiger partial charge in [0.15, 0.2) is 9.84 Å². The highest BCUT2D eigenvalue weighted by molar-refractivity contribution is 7.99. The van der Waals surface area contributed by atoms with E-state index in [4.69, 9.17) is 0 Å². The molecule has 1 aliphatic heterocycles. The molecular weight excluding hydrogens is 336 g/mol. The van der Waals surface area contributed by atoms with E-state index in [2.05, 4.69) is 0 Å². The van der Waals surface area contributed by atoms with Crippen LogP contribution in [0.15, 0.2) is 87.5 Å². The molecule has 4 heteroatoms. The van der Waals surface area contributed by atoms with Crippen molar-refractivity contribution < 1.29 is 8.42 Å². The molecule has 120 valence electrons. The van der Waals surface area contributed by atoms with Crippen LogP contribution in [0.1, 0.15) is 21.9 Å². The van der Waals surface area contributed by atoms with Crippen LogP contribution in [0, 0.1) is 6.92 Å². The number of rotatable bonds is 2. The Morgan fingerprint density at radius 1 is 0.792 bits per heavy atom. The van der Waals surface area contributed by atoms with Crippen LogP contribution in [0.25, 0.3) is 0 Å². The second-order valence-electron chi connectivity index (χ2n) is 5.92. The van der Waals surface area contributed by atoms with Gasteiger partial charge in [0.2, 0.25) is 0 Å². The molecule has 0 N–H and O–H groups in total. The average molecular weight is 352 g/mol. The number of fused-ring (bicyclic) bond motifs is 2. The number of benzene rings is 3. The molecule has 0 saturated heterocycles. The van der Waals surface area contributed by atoms with E-state index in [-0.39, 0.29) is 0 Å². The minimum Gasteiger partial charge on any atom is -0.223 e. The fraction of sp³-hybridized carbons (Fsp3) is 0.100. The van der Waals surface area contributed by atoms with Crippen molar-refractivity contribution in [2.24, 2.45) is 0 Å². The van der Waals surface area contributed by atoms with E-state index in [0.29, 0.717) is 4.90 Å². The summed E-state index contributed by atoms with van der Waals surface area (Å²) in [5, 5.41) is -0.660. The summed E-state index contributed by atoms with van der Waals surface area (Å²) in [5.74, 6) is 0. The first-order valence-corrected chi connectivity index (χ1v) is 10.1. The maximum absolute atomic E-state index is 13.4. The van der Waals surface area contributed by atoms with Gasteiger partial charge in [-0.25, -0.2) is 8.42 Å². The van der Waals surface area contributed by atoms with Crippen LogP contribution in [0.4, 0.5) is 0 Å². The zero-order valence-corrected chi connectivity index (χ0v) is 14.8. The monoisotopic (exact) mass is 352 g/mol. The first kappa shape index (κ1) is 15.5. The molecule has 3 aromatic rings. The number of aryl methyl sites for hydroxylation is 1. The third-order valence-corrected chi connectivity index (χ3v) is 7.49. The van der Waals surface area contributed by atoms with E-state index < -0.39 is 15.1 Å². The Balaban J connectivity index is 2.00. The van der Waals surface area contributed by atoms with E-state index in [1.54, 1.807) is 36.0 Å². The van der Waals surface area contributed by atoms with E-state index in [9.17, 15) is 8.42 Å². The minimum atomic E-state index is -3.52. The van der Waals surface area contributed by atoms with Crippen molar-refractivity contribution in [3.63, 3.8) is 0 Å². The largest absolute Gasteiger partial charge is 0.223 e. The molecule has 0 bridgehead atoms. The maximum atomic E-state index is 13.4. The quantitative estimate of drug-likeness (QED) is 0.649. The van der Waals surface area contributed by atoms with Crippen LogP contribution < -0.4 is 0 Å². The van der Waals surface area contributed by atoms with Crippen molar-refractivity contribution >= 4 is 21.6 Å².